The summed E-state index contributed by atoms with van der Waals surface area (Å²) in [6.07, 6.45) is 4.97. The van der Waals surface area contributed by atoms with Crippen molar-refractivity contribution in [1.29, 1.82) is 0 Å². The van der Waals surface area contributed by atoms with Crippen molar-refractivity contribution in [2.24, 2.45) is 10.9 Å². The van der Waals surface area contributed by atoms with E-state index in [2.05, 4.69) is 27.0 Å². The van der Waals surface area contributed by atoms with Gasteiger partial charge in [-0.05, 0) is 28.1 Å². The monoisotopic (exact) mass is 258 g/mol. The van der Waals surface area contributed by atoms with Gasteiger partial charge in [0.15, 0.2) is 12.4 Å². The summed E-state index contributed by atoms with van der Waals surface area (Å²) in [5.74, 6) is 2.63. The van der Waals surface area contributed by atoms with Crippen molar-refractivity contribution in [3.05, 3.63) is 20.8 Å². The van der Waals surface area contributed by atoms with Crippen LogP contribution in [0.15, 0.2) is 21.1 Å². The van der Waals surface area contributed by atoms with Crippen molar-refractivity contribution in [2.75, 3.05) is 6.61 Å². The number of amidine groups is 1. The summed E-state index contributed by atoms with van der Waals surface area (Å²) in [6, 6.07) is 3.75. The van der Waals surface area contributed by atoms with E-state index >= 15 is 0 Å². The van der Waals surface area contributed by atoms with Gasteiger partial charge in [0, 0.05) is 0 Å². The molecule has 0 aliphatic rings. The lowest BCUT2D eigenvalue weighted by Crippen LogP contribution is -2.11. The van der Waals surface area contributed by atoms with Crippen LogP contribution in [0, 0.1) is 12.3 Å². The van der Waals surface area contributed by atoms with Crippen molar-refractivity contribution in [1.82, 2.24) is 0 Å². The van der Waals surface area contributed by atoms with Gasteiger partial charge in [-0.15, -0.1) is 17.8 Å². The zero-order valence-electron chi connectivity index (χ0n) is 6.66. The number of terminal acetylenes is 1. The minimum atomic E-state index is 0.132. The standard InChI is InChI=1S/C8H7BrN2OS/c1-2-5-12-11-8(10)6-3-4-7(9)13-6/h1,3-4H,5H2,(H2,10,11). The first-order valence-corrected chi connectivity index (χ1v) is 4.99. The Morgan fingerprint density at radius 2 is 2.54 bits per heavy atom. The molecule has 0 aliphatic carbocycles. The van der Waals surface area contributed by atoms with Crippen LogP contribution in [-0.2, 0) is 4.84 Å². The highest BCUT2D eigenvalue weighted by Crippen LogP contribution is 2.21. The Morgan fingerprint density at radius 1 is 1.77 bits per heavy atom. The largest absolute Gasteiger partial charge is 0.381 e. The highest BCUT2D eigenvalue weighted by Gasteiger charge is 2.01. The lowest BCUT2D eigenvalue weighted by Gasteiger charge is -1.94. The molecule has 0 spiro atoms. The third kappa shape index (κ3) is 3.09. The second-order valence-electron chi connectivity index (χ2n) is 2.06. The van der Waals surface area contributed by atoms with Gasteiger partial charge in [0.25, 0.3) is 0 Å². The Kier molecular flexibility index (Phi) is 3.80. The molecule has 0 unspecified atom stereocenters. The Morgan fingerprint density at radius 3 is 3.08 bits per heavy atom. The Balaban J connectivity index is 2.63. The van der Waals surface area contributed by atoms with Crippen LogP contribution in [0.5, 0.6) is 0 Å². The normalized spacial score (nSPS) is 10.9. The van der Waals surface area contributed by atoms with Gasteiger partial charge < -0.3 is 10.6 Å². The molecule has 2 N–H and O–H groups in total. The first-order valence-electron chi connectivity index (χ1n) is 3.38. The number of rotatable bonds is 3. The van der Waals surface area contributed by atoms with Crippen LogP contribution in [0.25, 0.3) is 0 Å². The number of hydrogen-bond acceptors (Lipinski definition) is 3. The van der Waals surface area contributed by atoms with Crippen LogP contribution >= 0.6 is 27.3 Å². The highest BCUT2D eigenvalue weighted by molar-refractivity contribution is 9.11. The molecule has 0 amide bonds. The quantitative estimate of drug-likeness (QED) is 0.296. The molecule has 68 valence electrons. The molecule has 0 saturated heterocycles. The van der Waals surface area contributed by atoms with E-state index in [0.29, 0.717) is 5.84 Å². The van der Waals surface area contributed by atoms with E-state index in [1.165, 1.54) is 11.3 Å². The Hall–Kier alpha value is -0.990. The maximum atomic E-state index is 5.60. The number of nitrogens with two attached hydrogens (primary N) is 1. The number of halogens is 1. The van der Waals surface area contributed by atoms with Gasteiger partial charge in [-0.1, -0.05) is 11.1 Å². The Bertz CT molecular complexity index is 353. The first kappa shape index (κ1) is 10.1. The molecule has 1 aromatic rings. The molecule has 0 saturated carbocycles. The fourth-order valence-electron chi connectivity index (χ4n) is 0.636. The molecule has 13 heavy (non-hydrogen) atoms. The summed E-state index contributed by atoms with van der Waals surface area (Å²) in [7, 11) is 0. The molecule has 0 aliphatic heterocycles. The molecule has 0 aromatic carbocycles. The fraction of sp³-hybridized carbons (Fsp3) is 0.125. The molecular formula is C8H7BrN2OS. The minimum absolute atomic E-state index is 0.132. The van der Waals surface area contributed by atoms with E-state index in [0.717, 1.165) is 8.66 Å². The first-order chi connectivity index (χ1) is 6.24. The molecule has 0 bridgehead atoms. The van der Waals surface area contributed by atoms with Gasteiger partial charge >= 0.3 is 0 Å². The number of hydrogen-bond donors (Lipinski definition) is 1. The van der Waals surface area contributed by atoms with E-state index in [1.54, 1.807) is 0 Å². The number of nitrogens with zero attached hydrogens (tertiary/aromatic N) is 1. The molecule has 0 fully saturated rings. The highest BCUT2D eigenvalue weighted by atomic mass is 79.9. The van der Waals surface area contributed by atoms with Crippen molar-refractivity contribution < 1.29 is 4.84 Å². The molecule has 0 atom stereocenters. The Labute approximate surface area is 88.7 Å². The third-order valence-electron chi connectivity index (χ3n) is 1.14. The van der Waals surface area contributed by atoms with E-state index in [-0.39, 0.29) is 6.61 Å². The fourth-order valence-corrected chi connectivity index (χ4v) is 1.92. The summed E-state index contributed by atoms with van der Waals surface area (Å²) in [5, 5.41) is 3.64. The molecule has 0 radical (unpaired) electrons. The van der Waals surface area contributed by atoms with E-state index < -0.39 is 0 Å². The zero-order chi connectivity index (χ0) is 9.68. The van der Waals surface area contributed by atoms with Gasteiger partial charge in [-0.25, -0.2) is 0 Å². The number of thiophene rings is 1. The summed E-state index contributed by atoms with van der Waals surface area (Å²) >= 11 is 4.80. The van der Waals surface area contributed by atoms with Crippen molar-refractivity contribution in [3.63, 3.8) is 0 Å². The average Bonchev–Trinajstić information content (AvgIpc) is 2.52. The second kappa shape index (κ2) is 4.90. The van der Waals surface area contributed by atoms with E-state index in [1.807, 2.05) is 12.1 Å². The smallest absolute Gasteiger partial charge is 0.180 e. The van der Waals surface area contributed by atoms with Crippen LogP contribution in [0.2, 0.25) is 0 Å². The summed E-state index contributed by atoms with van der Waals surface area (Å²) in [6.45, 7) is 0.132. The van der Waals surface area contributed by atoms with Crippen molar-refractivity contribution in [2.45, 2.75) is 0 Å². The molecular weight excluding hydrogens is 252 g/mol. The van der Waals surface area contributed by atoms with E-state index in [9.17, 15) is 0 Å². The van der Waals surface area contributed by atoms with Crippen LogP contribution in [0.3, 0.4) is 0 Å². The second-order valence-corrected chi connectivity index (χ2v) is 4.52. The lowest BCUT2D eigenvalue weighted by molar-refractivity contribution is 0.179. The summed E-state index contributed by atoms with van der Waals surface area (Å²) < 4.78 is 0.998. The number of oxime groups is 1. The SMILES string of the molecule is C#CCO/N=C(/N)c1ccc(Br)s1. The lowest BCUT2D eigenvalue weighted by atomic mass is 10.4. The van der Waals surface area contributed by atoms with Gasteiger partial charge in [0.05, 0.1) is 8.66 Å². The van der Waals surface area contributed by atoms with Gasteiger partial charge in [0.1, 0.15) is 0 Å². The molecule has 1 rings (SSSR count). The predicted octanol–water partition coefficient (Wildman–Crippen LogP) is 1.78. The van der Waals surface area contributed by atoms with E-state index in [4.69, 9.17) is 17.0 Å². The molecule has 1 heterocycles. The maximum Gasteiger partial charge on any atom is 0.180 e. The van der Waals surface area contributed by atoms with Gasteiger partial charge in [0.2, 0.25) is 0 Å². The minimum Gasteiger partial charge on any atom is -0.381 e. The molecule has 1 aromatic heterocycles. The van der Waals surface area contributed by atoms with Crippen molar-refractivity contribution in [3.8, 4) is 12.3 Å². The molecule has 3 nitrogen and oxygen atoms in total. The summed E-state index contributed by atoms with van der Waals surface area (Å²) in [5.41, 5.74) is 5.60. The molecule has 5 heteroatoms. The van der Waals surface area contributed by atoms with Crippen LogP contribution < -0.4 is 5.73 Å². The van der Waals surface area contributed by atoms with Gasteiger partial charge in [-0.2, -0.15) is 0 Å². The predicted molar refractivity (Wildman–Crippen MR) is 57.5 cm³/mol. The maximum absolute atomic E-state index is 5.60. The summed E-state index contributed by atoms with van der Waals surface area (Å²) in [4.78, 5) is 5.58. The average molecular weight is 259 g/mol. The van der Waals surface area contributed by atoms with Crippen molar-refractivity contribution >= 4 is 33.1 Å². The topological polar surface area (TPSA) is 47.6 Å². The van der Waals surface area contributed by atoms with Crippen LogP contribution in [0.1, 0.15) is 4.88 Å². The van der Waals surface area contributed by atoms with Crippen LogP contribution in [0.4, 0.5) is 0 Å². The zero-order valence-corrected chi connectivity index (χ0v) is 9.06. The third-order valence-corrected chi connectivity index (χ3v) is 2.78. The van der Waals surface area contributed by atoms with Crippen LogP contribution in [-0.4, -0.2) is 12.4 Å². The van der Waals surface area contributed by atoms with Gasteiger partial charge in [-0.3, -0.25) is 0 Å².